The Bertz CT molecular complexity index is 73.7. The van der Waals surface area contributed by atoms with Crippen LogP contribution in [0.4, 0.5) is 9.59 Å². The molecule has 0 aromatic rings. The van der Waals surface area contributed by atoms with Crippen LogP contribution in [-0.2, 0) is 0 Å². The van der Waals surface area contributed by atoms with Crippen LogP contribution in [0.3, 0.4) is 0 Å². The Morgan fingerprint density at radius 2 is 0.800 bits per heavy atom. The zero-order chi connectivity index (χ0) is 7.15. The summed E-state index contributed by atoms with van der Waals surface area (Å²) in [6.45, 7) is 0. The third-order valence-corrected chi connectivity index (χ3v) is 0. The fraction of sp³-hybridized carbons (Fsp3) is 0. The van der Waals surface area contributed by atoms with Crippen molar-refractivity contribution in [3.05, 3.63) is 0 Å². The standard InChI is InChI=1S/2CH2O3.Ce.H3N/c2*2-1(3)4;;/h2*(H2,2,3,4);;1H3/q;;+3;/p-3. The summed E-state index contributed by atoms with van der Waals surface area (Å²) in [6.07, 6.45) is -4.67. The van der Waals surface area contributed by atoms with Gasteiger partial charge in [0, 0.05) is 0 Å². The monoisotopic (exact) mass is 278 g/mol. The average Bonchev–Trinajstić information content (AvgIpc) is 1.25. The molecule has 0 amide bonds. The molecule has 0 heterocycles. The van der Waals surface area contributed by atoms with E-state index >= 15 is 0 Å². The van der Waals surface area contributed by atoms with E-state index in [1.807, 2.05) is 0 Å². The van der Waals surface area contributed by atoms with Crippen molar-refractivity contribution in [3.63, 3.8) is 0 Å². The van der Waals surface area contributed by atoms with Crippen LogP contribution < -0.4 is 26.6 Å². The Kier molecular flexibility index (Phi) is 35.9. The molecule has 0 saturated heterocycles. The predicted octanol–water partition coefficient (Wildman–Crippen LogP) is -4.52. The first-order chi connectivity index (χ1) is 3.46. The van der Waals surface area contributed by atoms with Gasteiger partial charge in [-0.25, -0.2) is 0 Å². The SMILES string of the molecule is O=C([O-])[O-].O=C([O-])[O-].[Ce+3].[NH4+]. The molecule has 0 aliphatic rings. The Hall–Kier alpha value is -0.123. The van der Waals surface area contributed by atoms with Crippen molar-refractivity contribution in [1.82, 2.24) is 6.15 Å². The maximum Gasteiger partial charge on any atom is 3.00 e. The molecule has 4 N–H and O–H groups in total. The average molecular weight is 278 g/mol. The Balaban J connectivity index is -0.0000000300. The molecular formula is C2H4CeNO6. The topological polar surface area (TPSA) is 163 Å². The van der Waals surface area contributed by atoms with Gasteiger partial charge in [0.2, 0.25) is 0 Å². The normalized spacial score (nSPS) is 4.80. The van der Waals surface area contributed by atoms with E-state index in [9.17, 15) is 0 Å². The minimum atomic E-state index is -2.33. The molecule has 10 heavy (non-hydrogen) atoms. The van der Waals surface area contributed by atoms with Gasteiger partial charge in [-0.2, -0.15) is 0 Å². The van der Waals surface area contributed by atoms with Crippen LogP contribution in [0.1, 0.15) is 0 Å². The minimum Gasteiger partial charge on any atom is -0.652 e. The smallest absolute Gasteiger partial charge is 0.652 e. The Labute approximate surface area is 89.6 Å². The Morgan fingerprint density at radius 3 is 0.800 bits per heavy atom. The van der Waals surface area contributed by atoms with E-state index in [0.717, 1.165) is 0 Å². The van der Waals surface area contributed by atoms with Gasteiger partial charge in [0.15, 0.2) is 0 Å². The molecule has 1 radical (unpaired) electrons. The van der Waals surface area contributed by atoms with Gasteiger partial charge in [-0.3, -0.25) is 0 Å². The summed E-state index contributed by atoms with van der Waals surface area (Å²) in [5.41, 5.74) is 0. The first kappa shape index (κ1) is 22.5. The second-order valence-corrected chi connectivity index (χ2v) is 0.500. The van der Waals surface area contributed by atoms with E-state index in [1.54, 1.807) is 0 Å². The molecule has 0 fully saturated rings. The van der Waals surface area contributed by atoms with E-state index in [4.69, 9.17) is 30.0 Å². The summed E-state index contributed by atoms with van der Waals surface area (Å²) >= 11 is 0. The van der Waals surface area contributed by atoms with Crippen LogP contribution in [0, 0.1) is 41.7 Å². The molecule has 57 valence electrons. The third-order valence-electron chi connectivity index (χ3n) is 0. The quantitative estimate of drug-likeness (QED) is 0.469. The van der Waals surface area contributed by atoms with Crippen LogP contribution in [0.2, 0.25) is 0 Å². The number of quaternary nitrogens is 1. The van der Waals surface area contributed by atoms with Crippen LogP contribution >= 0.6 is 0 Å². The van der Waals surface area contributed by atoms with Gasteiger partial charge in [-0.05, 0) is 12.3 Å². The first-order valence-electron chi connectivity index (χ1n) is 1.22. The van der Waals surface area contributed by atoms with Crippen molar-refractivity contribution >= 4 is 12.3 Å². The summed E-state index contributed by atoms with van der Waals surface area (Å²) in [7, 11) is 0. The van der Waals surface area contributed by atoms with Gasteiger partial charge in [-0.1, -0.05) is 0 Å². The van der Waals surface area contributed by atoms with Crippen LogP contribution in [0.25, 0.3) is 0 Å². The number of rotatable bonds is 0. The molecule has 0 unspecified atom stereocenters. The molecule has 0 rings (SSSR count). The molecule has 0 spiro atoms. The number of hydrogen-bond acceptors (Lipinski definition) is 6. The van der Waals surface area contributed by atoms with E-state index < -0.39 is 12.3 Å². The van der Waals surface area contributed by atoms with Crippen molar-refractivity contribution in [3.8, 4) is 0 Å². The summed E-state index contributed by atoms with van der Waals surface area (Å²) in [4.78, 5) is 16.7. The second kappa shape index (κ2) is 15.9. The maximum absolute atomic E-state index is 8.33. The summed E-state index contributed by atoms with van der Waals surface area (Å²) in [6, 6.07) is 0. The fourth-order valence-electron chi connectivity index (χ4n) is 0. The summed E-state index contributed by atoms with van der Waals surface area (Å²) in [5.74, 6) is 0. The minimum absolute atomic E-state index is 0. The molecular weight excluding hydrogens is 274 g/mol. The molecule has 0 aromatic heterocycles. The van der Waals surface area contributed by atoms with E-state index in [-0.39, 0.29) is 47.9 Å². The Morgan fingerprint density at radius 1 is 0.800 bits per heavy atom. The predicted molar refractivity (Wildman–Crippen MR) is 16.8 cm³/mol. The number of carbonyl (C=O) groups is 2. The third kappa shape index (κ3) is 24500. The molecule has 8 heteroatoms. The largest absolute Gasteiger partial charge is 3.00 e. The van der Waals surface area contributed by atoms with E-state index in [2.05, 4.69) is 0 Å². The van der Waals surface area contributed by atoms with E-state index in [0.29, 0.717) is 0 Å². The van der Waals surface area contributed by atoms with Crippen molar-refractivity contribution in [2.24, 2.45) is 0 Å². The molecule has 0 aromatic carbocycles. The van der Waals surface area contributed by atoms with Gasteiger partial charge >= 0.3 is 41.7 Å². The van der Waals surface area contributed by atoms with Gasteiger partial charge in [0.25, 0.3) is 0 Å². The molecule has 0 saturated carbocycles. The number of hydrogen-bond donors (Lipinski definition) is 1. The maximum atomic E-state index is 8.33. The van der Waals surface area contributed by atoms with Crippen LogP contribution in [-0.4, -0.2) is 12.3 Å². The second-order valence-electron chi connectivity index (χ2n) is 0.500. The first-order valence-corrected chi connectivity index (χ1v) is 1.22. The fourth-order valence-corrected chi connectivity index (χ4v) is 0. The van der Waals surface area contributed by atoms with Crippen molar-refractivity contribution in [1.29, 1.82) is 0 Å². The zero-order valence-electron chi connectivity index (χ0n) is 4.95. The summed E-state index contributed by atoms with van der Waals surface area (Å²) in [5, 5.41) is 33.3. The van der Waals surface area contributed by atoms with Gasteiger partial charge in [0.1, 0.15) is 0 Å². The molecule has 7 nitrogen and oxygen atoms in total. The van der Waals surface area contributed by atoms with Crippen molar-refractivity contribution in [2.75, 3.05) is 0 Å². The molecule has 0 aliphatic carbocycles. The summed E-state index contributed by atoms with van der Waals surface area (Å²) < 4.78 is 0. The van der Waals surface area contributed by atoms with Crippen molar-refractivity contribution in [2.45, 2.75) is 0 Å². The van der Waals surface area contributed by atoms with Crippen LogP contribution in [0.5, 0.6) is 0 Å². The van der Waals surface area contributed by atoms with Gasteiger partial charge < -0.3 is 36.2 Å². The van der Waals surface area contributed by atoms with Crippen LogP contribution in [0.15, 0.2) is 0 Å². The zero-order valence-corrected chi connectivity index (χ0v) is 8.09. The van der Waals surface area contributed by atoms with Gasteiger partial charge in [0.05, 0.1) is 0 Å². The number of carboxylic acid groups (broad SMARTS) is 4. The van der Waals surface area contributed by atoms with Crippen molar-refractivity contribution < 1.29 is 71.8 Å². The molecule has 0 aliphatic heterocycles. The van der Waals surface area contributed by atoms with E-state index in [1.165, 1.54) is 0 Å². The van der Waals surface area contributed by atoms with Gasteiger partial charge in [-0.15, -0.1) is 0 Å². The molecule has 0 atom stereocenters. The number of carbonyl (C=O) groups excluding carboxylic acids is 2. The molecule has 0 bridgehead atoms.